The smallest absolute Gasteiger partial charge is 0.244 e. The predicted octanol–water partition coefficient (Wildman–Crippen LogP) is 1.90. The third-order valence-corrected chi connectivity index (χ3v) is 2.35. The molecule has 1 rings (SSSR count). The van der Waals surface area contributed by atoms with Crippen molar-refractivity contribution in [2.24, 2.45) is 0 Å². The first-order chi connectivity index (χ1) is 6.83. The lowest BCUT2D eigenvalue weighted by atomic mass is 10.4. The van der Waals surface area contributed by atoms with Crippen LogP contribution in [0.4, 0.5) is 0 Å². The molecule has 1 aromatic heterocycles. The molecule has 72 valence electrons. The summed E-state index contributed by atoms with van der Waals surface area (Å²) in [4.78, 5) is 12.2. The lowest BCUT2D eigenvalue weighted by Gasteiger charge is -1.96. The largest absolute Gasteiger partial charge is 0.352 e. The van der Waals surface area contributed by atoms with E-state index in [1.165, 1.54) is 6.08 Å². The van der Waals surface area contributed by atoms with Crippen LogP contribution in [0.2, 0.25) is 0 Å². The quantitative estimate of drug-likeness (QED) is 0.454. The van der Waals surface area contributed by atoms with Crippen molar-refractivity contribution in [3.8, 4) is 12.3 Å². The minimum atomic E-state index is -0.103. The normalized spacial score (nSPS) is 9.93. The van der Waals surface area contributed by atoms with E-state index in [2.05, 4.69) is 11.2 Å². The Morgan fingerprint density at radius 1 is 1.71 bits per heavy atom. The molecule has 0 aromatic carbocycles. The van der Waals surface area contributed by atoms with E-state index in [0.29, 0.717) is 13.0 Å². The van der Waals surface area contributed by atoms with Crippen molar-refractivity contribution in [2.45, 2.75) is 6.42 Å². The van der Waals surface area contributed by atoms with E-state index in [0.717, 1.165) is 4.88 Å². The highest BCUT2D eigenvalue weighted by Crippen LogP contribution is 2.09. The second kappa shape index (κ2) is 6.01. The maximum Gasteiger partial charge on any atom is 0.244 e. The molecular formula is C11H11NOS. The van der Waals surface area contributed by atoms with Gasteiger partial charge in [0.25, 0.3) is 0 Å². The standard InChI is InChI=1S/C11H11NOS/c1-2-3-8-12-11(13)7-6-10-5-4-9-14-10/h1,4-7,9H,3,8H2,(H,12,13)/b7-6+. The van der Waals surface area contributed by atoms with Gasteiger partial charge in [-0.05, 0) is 17.5 Å². The predicted molar refractivity (Wildman–Crippen MR) is 59.8 cm³/mol. The summed E-state index contributed by atoms with van der Waals surface area (Å²) >= 11 is 1.59. The average molecular weight is 205 g/mol. The van der Waals surface area contributed by atoms with Gasteiger partial charge in [-0.25, -0.2) is 0 Å². The van der Waals surface area contributed by atoms with Gasteiger partial charge in [-0.2, -0.15) is 0 Å². The molecule has 1 heterocycles. The van der Waals surface area contributed by atoms with Crippen molar-refractivity contribution < 1.29 is 4.79 Å². The zero-order valence-electron chi connectivity index (χ0n) is 7.69. The molecule has 1 amide bonds. The molecular weight excluding hydrogens is 194 g/mol. The molecule has 1 N–H and O–H groups in total. The van der Waals surface area contributed by atoms with Crippen LogP contribution >= 0.6 is 11.3 Å². The number of carbonyl (C=O) groups excluding carboxylic acids is 1. The van der Waals surface area contributed by atoms with Gasteiger partial charge in [0.2, 0.25) is 5.91 Å². The van der Waals surface area contributed by atoms with Gasteiger partial charge in [0, 0.05) is 23.9 Å². The van der Waals surface area contributed by atoms with Crippen LogP contribution in [0.15, 0.2) is 23.6 Å². The Balaban J connectivity index is 2.31. The van der Waals surface area contributed by atoms with Crippen LogP contribution in [0.3, 0.4) is 0 Å². The molecule has 3 heteroatoms. The number of rotatable bonds is 4. The monoisotopic (exact) mass is 205 g/mol. The molecule has 0 saturated carbocycles. The van der Waals surface area contributed by atoms with Crippen molar-refractivity contribution in [1.82, 2.24) is 5.32 Å². The fourth-order valence-corrected chi connectivity index (χ4v) is 1.48. The number of amides is 1. The molecule has 0 saturated heterocycles. The van der Waals surface area contributed by atoms with Crippen molar-refractivity contribution in [2.75, 3.05) is 6.54 Å². The van der Waals surface area contributed by atoms with Gasteiger partial charge >= 0.3 is 0 Å². The summed E-state index contributed by atoms with van der Waals surface area (Å²) in [5.41, 5.74) is 0. The van der Waals surface area contributed by atoms with Crippen LogP contribution in [-0.2, 0) is 4.79 Å². The van der Waals surface area contributed by atoms with Gasteiger partial charge in [0.1, 0.15) is 0 Å². The molecule has 0 atom stereocenters. The van der Waals surface area contributed by atoms with E-state index < -0.39 is 0 Å². The first-order valence-corrected chi connectivity index (χ1v) is 5.14. The molecule has 0 bridgehead atoms. The van der Waals surface area contributed by atoms with E-state index in [-0.39, 0.29) is 5.91 Å². The van der Waals surface area contributed by atoms with Crippen molar-refractivity contribution in [1.29, 1.82) is 0 Å². The lowest BCUT2D eigenvalue weighted by molar-refractivity contribution is -0.116. The summed E-state index contributed by atoms with van der Waals surface area (Å²) in [7, 11) is 0. The maximum absolute atomic E-state index is 11.2. The van der Waals surface area contributed by atoms with E-state index in [9.17, 15) is 4.79 Å². The van der Waals surface area contributed by atoms with Gasteiger partial charge in [-0.1, -0.05) is 6.07 Å². The van der Waals surface area contributed by atoms with Crippen molar-refractivity contribution >= 4 is 23.3 Å². The van der Waals surface area contributed by atoms with Crippen molar-refractivity contribution in [3.05, 3.63) is 28.5 Å². The van der Waals surface area contributed by atoms with Crippen LogP contribution in [0, 0.1) is 12.3 Å². The number of hydrogen-bond acceptors (Lipinski definition) is 2. The van der Waals surface area contributed by atoms with Gasteiger partial charge in [0.15, 0.2) is 0 Å². The zero-order valence-corrected chi connectivity index (χ0v) is 8.51. The molecule has 0 spiro atoms. The first-order valence-electron chi connectivity index (χ1n) is 4.26. The van der Waals surface area contributed by atoms with Gasteiger partial charge in [0.05, 0.1) is 0 Å². The summed E-state index contributed by atoms with van der Waals surface area (Å²) in [6.45, 7) is 0.532. The molecule has 0 unspecified atom stereocenters. The fourth-order valence-electron chi connectivity index (χ4n) is 0.861. The van der Waals surface area contributed by atoms with Crippen LogP contribution in [0.5, 0.6) is 0 Å². The van der Waals surface area contributed by atoms with E-state index in [1.54, 1.807) is 17.4 Å². The Kier molecular flexibility index (Phi) is 4.53. The van der Waals surface area contributed by atoms with E-state index >= 15 is 0 Å². The minimum absolute atomic E-state index is 0.103. The Hall–Kier alpha value is -1.53. The third-order valence-electron chi connectivity index (χ3n) is 1.51. The zero-order chi connectivity index (χ0) is 10.2. The molecule has 2 nitrogen and oxygen atoms in total. The average Bonchev–Trinajstić information content (AvgIpc) is 2.68. The van der Waals surface area contributed by atoms with Crippen LogP contribution in [-0.4, -0.2) is 12.5 Å². The highest BCUT2D eigenvalue weighted by molar-refractivity contribution is 7.10. The summed E-state index contributed by atoms with van der Waals surface area (Å²) in [6, 6.07) is 3.90. The summed E-state index contributed by atoms with van der Waals surface area (Å²) in [6.07, 6.45) is 8.92. The van der Waals surface area contributed by atoms with Crippen LogP contribution < -0.4 is 5.32 Å². The number of carbonyl (C=O) groups is 1. The number of terminal acetylenes is 1. The lowest BCUT2D eigenvalue weighted by Crippen LogP contribution is -2.21. The van der Waals surface area contributed by atoms with Gasteiger partial charge in [-0.3, -0.25) is 4.79 Å². The topological polar surface area (TPSA) is 29.1 Å². The van der Waals surface area contributed by atoms with E-state index in [1.807, 2.05) is 17.5 Å². The van der Waals surface area contributed by atoms with Gasteiger partial charge in [-0.15, -0.1) is 23.7 Å². The summed E-state index contributed by atoms with van der Waals surface area (Å²) in [5, 5.41) is 4.65. The van der Waals surface area contributed by atoms with Crippen molar-refractivity contribution in [3.63, 3.8) is 0 Å². The second-order valence-corrected chi connectivity index (χ2v) is 3.57. The maximum atomic E-state index is 11.2. The highest BCUT2D eigenvalue weighted by atomic mass is 32.1. The molecule has 0 fully saturated rings. The molecule has 14 heavy (non-hydrogen) atoms. The molecule has 0 aliphatic carbocycles. The number of thiophene rings is 1. The molecule has 0 aliphatic rings. The highest BCUT2D eigenvalue weighted by Gasteiger charge is 1.93. The van der Waals surface area contributed by atoms with E-state index in [4.69, 9.17) is 6.42 Å². The fraction of sp³-hybridized carbons (Fsp3) is 0.182. The Labute approximate surface area is 87.6 Å². The minimum Gasteiger partial charge on any atom is -0.352 e. The number of nitrogens with one attached hydrogen (secondary N) is 1. The van der Waals surface area contributed by atoms with Gasteiger partial charge < -0.3 is 5.32 Å². The van der Waals surface area contributed by atoms with Crippen LogP contribution in [0.25, 0.3) is 6.08 Å². The second-order valence-electron chi connectivity index (χ2n) is 2.59. The molecule has 0 aliphatic heterocycles. The third kappa shape index (κ3) is 3.92. The Morgan fingerprint density at radius 2 is 2.57 bits per heavy atom. The summed E-state index contributed by atoms with van der Waals surface area (Å²) in [5.74, 6) is 2.35. The van der Waals surface area contributed by atoms with Crippen LogP contribution in [0.1, 0.15) is 11.3 Å². The molecule has 1 aromatic rings. The summed E-state index contributed by atoms with van der Waals surface area (Å²) < 4.78 is 0. The Bertz CT molecular complexity index is 346. The SMILES string of the molecule is C#CCCNC(=O)/C=C/c1cccs1. The Morgan fingerprint density at radius 3 is 3.21 bits per heavy atom. The molecule has 0 radical (unpaired) electrons. The number of hydrogen-bond donors (Lipinski definition) is 1. The first kappa shape index (κ1) is 10.6.